The molecule has 0 radical (unpaired) electrons. The predicted molar refractivity (Wildman–Crippen MR) is 174 cm³/mol. The van der Waals surface area contributed by atoms with Gasteiger partial charge >= 0.3 is 6.18 Å². The molecule has 0 amide bonds. The number of hydrogen-bond acceptors (Lipinski definition) is 8. The summed E-state index contributed by atoms with van der Waals surface area (Å²) >= 11 is 0. The number of hydrogen-bond donors (Lipinski definition) is 1. The second kappa shape index (κ2) is 14.4. The zero-order chi connectivity index (χ0) is 34.6. The first-order valence-corrected chi connectivity index (χ1v) is 16.6. The molecule has 0 saturated heterocycles. The van der Waals surface area contributed by atoms with Crippen molar-refractivity contribution in [1.82, 2.24) is 14.9 Å². The first-order chi connectivity index (χ1) is 22.8. The van der Waals surface area contributed by atoms with Crippen molar-refractivity contribution < 1.29 is 35.5 Å². The average molecular weight is 688 g/mol. The summed E-state index contributed by atoms with van der Waals surface area (Å²) in [6.07, 6.45) is -0.00707. The predicted octanol–water partition coefficient (Wildman–Crippen LogP) is 6.73. The van der Waals surface area contributed by atoms with Crippen molar-refractivity contribution in [3.8, 4) is 11.5 Å². The summed E-state index contributed by atoms with van der Waals surface area (Å²) in [5.74, 6) is -0.113. The molecule has 5 rings (SSSR count). The number of benzene rings is 3. The molecule has 1 aliphatic carbocycles. The van der Waals surface area contributed by atoms with Crippen LogP contribution in [-0.2, 0) is 22.7 Å². The van der Waals surface area contributed by atoms with Crippen LogP contribution in [0.5, 0.6) is 11.5 Å². The van der Waals surface area contributed by atoms with Crippen LogP contribution >= 0.6 is 0 Å². The first kappa shape index (κ1) is 34.9. The highest BCUT2D eigenvalue weighted by Crippen LogP contribution is 2.39. The fourth-order valence-electron chi connectivity index (χ4n) is 6.15. The van der Waals surface area contributed by atoms with Crippen molar-refractivity contribution in [2.75, 3.05) is 37.9 Å². The van der Waals surface area contributed by atoms with Gasteiger partial charge in [-0.1, -0.05) is 18.2 Å². The maximum atomic E-state index is 15.8. The van der Waals surface area contributed by atoms with Gasteiger partial charge in [-0.15, -0.1) is 0 Å². The van der Waals surface area contributed by atoms with Crippen LogP contribution in [-0.4, -0.2) is 63.7 Å². The number of likely N-dealkylation sites (N-methyl/N-ethyl adjacent to an activating group) is 1. The van der Waals surface area contributed by atoms with Crippen LogP contribution in [0.2, 0.25) is 0 Å². The van der Waals surface area contributed by atoms with Crippen molar-refractivity contribution in [3.63, 3.8) is 0 Å². The smallest absolute Gasteiger partial charge is 0.416 e. The minimum atomic E-state index is -4.48. The number of halogens is 4. The molecule has 9 nitrogen and oxygen atoms in total. The fourth-order valence-corrected chi connectivity index (χ4v) is 7.59. The van der Waals surface area contributed by atoms with Gasteiger partial charge in [0.15, 0.2) is 0 Å². The normalized spacial score (nSPS) is 18.4. The molecule has 3 aromatic carbocycles. The van der Waals surface area contributed by atoms with Gasteiger partial charge in [-0.2, -0.15) is 13.2 Å². The zero-order valence-corrected chi connectivity index (χ0v) is 27.7. The van der Waals surface area contributed by atoms with E-state index >= 15 is 4.39 Å². The summed E-state index contributed by atoms with van der Waals surface area (Å²) < 4.78 is 95.7. The Morgan fingerprint density at radius 1 is 0.979 bits per heavy atom. The molecule has 1 fully saturated rings. The van der Waals surface area contributed by atoms with E-state index in [0.29, 0.717) is 47.6 Å². The van der Waals surface area contributed by atoms with Gasteiger partial charge in [0, 0.05) is 41.7 Å². The van der Waals surface area contributed by atoms with E-state index in [2.05, 4.69) is 15.3 Å². The summed E-state index contributed by atoms with van der Waals surface area (Å²) in [5, 5.41) is 3.35. The fraction of sp³-hybridized carbons (Fsp3) is 0.353. The summed E-state index contributed by atoms with van der Waals surface area (Å²) in [5.41, 5.74) is 0.839. The monoisotopic (exact) mass is 687 g/mol. The topological polar surface area (TPSA) is 96.9 Å². The quantitative estimate of drug-likeness (QED) is 0.174. The number of nitrogens with zero attached hydrogens (tertiary/aromatic N) is 4. The minimum Gasteiger partial charge on any atom is -0.497 e. The van der Waals surface area contributed by atoms with Crippen LogP contribution in [0.1, 0.15) is 41.9 Å². The van der Waals surface area contributed by atoms with Crippen molar-refractivity contribution in [3.05, 3.63) is 102 Å². The molecule has 1 saturated carbocycles. The molecule has 14 heteroatoms. The lowest BCUT2D eigenvalue weighted by molar-refractivity contribution is -0.137. The molecule has 0 bridgehead atoms. The largest absolute Gasteiger partial charge is 0.497 e. The second-order valence-corrected chi connectivity index (χ2v) is 13.6. The Kier molecular flexibility index (Phi) is 10.4. The number of alkyl halides is 3. The Morgan fingerprint density at radius 2 is 1.77 bits per heavy atom. The van der Waals surface area contributed by atoms with Crippen molar-refractivity contribution >= 4 is 21.5 Å². The Morgan fingerprint density at radius 3 is 2.42 bits per heavy atom. The third-order valence-corrected chi connectivity index (χ3v) is 10.4. The number of rotatable bonds is 11. The van der Waals surface area contributed by atoms with E-state index in [1.54, 1.807) is 24.3 Å². The SMILES string of the molecule is COc1ccc(CN(c2ccncn2)S(=O)(=O)c2ccc(N[C@H]3CC[C@H](c4cccc(C(F)(F)F)c4)C[C@@H]3N(C)C)cc2F)c(OC)c1. The molecule has 256 valence electrons. The van der Waals surface area contributed by atoms with Gasteiger partial charge < -0.3 is 19.7 Å². The molecule has 1 N–H and O–H groups in total. The lowest BCUT2D eigenvalue weighted by Crippen LogP contribution is -2.47. The maximum Gasteiger partial charge on any atom is 0.416 e. The highest BCUT2D eigenvalue weighted by molar-refractivity contribution is 7.92. The summed E-state index contributed by atoms with van der Waals surface area (Å²) in [6, 6.07) is 15.4. The molecule has 48 heavy (non-hydrogen) atoms. The van der Waals surface area contributed by atoms with E-state index in [4.69, 9.17) is 9.47 Å². The van der Waals surface area contributed by atoms with E-state index in [1.165, 1.54) is 57.1 Å². The van der Waals surface area contributed by atoms with E-state index < -0.39 is 32.5 Å². The number of sulfonamides is 1. The summed E-state index contributed by atoms with van der Waals surface area (Å²) in [7, 11) is 2.25. The third kappa shape index (κ3) is 7.65. The Balaban J connectivity index is 1.38. The van der Waals surface area contributed by atoms with Gasteiger partial charge in [0.1, 0.15) is 34.4 Å². The molecule has 3 atom stereocenters. The van der Waals surface area contributed by atoms with Crippen LogP contribution in [0.15, 0.2) is 84.1 Å². The maximum absolute atomic E-state index is 15.8. The van der Waals surface area contributed by atoms with Gasteiger partial charge in [0.05, 0.1) is 26.3 Å². The van der Waals surface area contributed by atoms with Gasteiger partial charge in [-0.25, -0.2) is 27.1 Å². The first-order valence-electron chi connectivity index (χ1n) is 15.2. The van der Waals surface area contributed by atoms with Crippen LogP contribution in [0, 0.1) is 5.82 Å². The van der Waals surface area contributed by atoms with Gasteiger partial charge in [-0.05, 0) is 81.2 Å². The van der Waals surface area contributed by atoms with E-state index in [9.17, 15) is 21.6 Å². The molecular formula is C34H37F4N5O4S. The Hall–Kier alpha value is -4.43. The van der Waals surface area contributed by atoms with Gasteiger partial charge in [0.2, 0.25) is 0 Å². The van der Waals surface area contributed by atoms with Gasteiger partial charge in [-0.3, -0.25) is 0 Å². The molecule has 4 aromatic rings. The summed E-state index contributed by atoms with van der Waals surface area (Å²) in [6.45, 7) is -0.217. The molecule has 0 spiro atoms. The Bertz CT molecular complexity index is 1830. The highest BCUT2D eigenvalue weighted by atomic mass is 32.2. The molecule has 0 unspecified atom stereocenters. The van der Waals surface area contributed by atoms with Crippen LogP contribution < -0.4 is 19.1 Å². The van der Waals surface area contributed by atoms with Crippen LogP contribution in [0.25, 0.3) is 0 Å². The number of nitrogens with one attached hydrogen (secondary N) is 1. The molecule has 1 heterocycles. The van der Waals surface area contributed by atoms with Gasteiger partial charge in [0.25, 0.3) is 10.0 Å². The second-order valence-electron chi connectivity index (χ2n) is 11.8. The number of methoxy groups -OCH3 is 2. The Labute approximate surface area is 277 Å². The summed E-state index contributed by atoms with van der Waals surface area (Å²) in [4.78, 5) is 9.46. The van der Waals surface area contributed by atoms with Crippen molar-refractivity contribution in [2.24, 2.45) is 0 Å². The molecule has 0 aliphatic heterocycles. The third-order valence-electron chi connectivity index (χ3n) is 8.65. The molecule has 1 aromatic heterocycles. The number of ether oxygens (including phenoxy) is 2. The van der Waals surface area contributed by atoms with E-state index in [-0.39, 0.29) is 30.4 Å². The molecular weight excluding hydrogens is 650 g/mol. The van der Waals surface area contributed by atoms with Crippen LogP contribution in [0.4, 0.5) is 29.1 Å². The average Bonchev–Trinajstić information content (AvgIpc) is 3.07. The lowest BCUT2D eigenvalue weighted by atomic mass is 9.78. The van der Waals surface area contributed by atoms with Crippen molar-refractivity contribution in [1.29, 1.82) is 0 Å². The van der Waals surface area contributed by atoms with Crippen molar-refractivity contribution in [2.45, 2.75) is 54.9 Å². The number of anilines is 2. The molecule has 1 aliphatic rings. The lowest BCUT2D eigenvalue weighted by Gasteiger charge is -2.41. The minimum absolute atomic E-state index is 0.0378. The van der Waals surface area contributed by atoms with E-state index in [1.807, 2.05) is 19.0 Å². The van der Waals surface area contributed by atoms with Crippen LogP contribution in [0.3, 0.4) is 0 Å². The number of aromatic nitrogens is 2. The zero-order valence-electron chi connectivity index (χ0n) is 26.9. The van der Waals surface area contributed by atoms with E-state index in [0.717, 1.165) is 16.4 Å². The standard InChI is InChI=1S/C34H37F4N5O4S/c1-42(2)30-17-23(22-6-5-7-25(16-22)34(36,37)38)9-12-29(30)41-26-10-13-32(28(35)18-26)48(44,45)43(33-14-15-39-21-40-33)20-24-8-11-27(46-3)19-31(24)47-4/h5-8,10-11,13-16,18-19,21,23,29-30,41H,9,12,17,20H2,1-4H3/t23-,29-,30-/m0/s1. The highest BCUT2D eigenvalue weighted by Gasteiger charge is 2.36.